The van der Waals surface area contributed by atoms with Gasteiger partial charge in [-0.3, -0.25) is 4.79 Å². The molecular formula is C21H25NO5. The van der Waals surface area contributed by atoms with E-state index < -0.39 is 0 Å². The number of morpholine rings is 1. The van der Waals surface area contributed by atoms with Gasteiger partial charge in [-0.2, -0.15) is 0 Å². The van der Waals surface area contributed by atoms with Crippen LogP contribution < -0.4 is 14.2 Å². The highest BCUT2D eigenvalue weighted by atomic mass is 16.5. The van der Waals surface area contributed by atoms with Crippen molar-refractivity contribution in [1.29, 1.82) is 0 Å². The van der Waals surface area contributed by atoms with Gasteiger partial charge in [0.2, 0.25) is 0 Å². The number of benzene rings is 2. The van der Waals surface area contributed by atoms with Gasteiger partial charge in [0.15, 0.2) is 6.61 Å². The van der Waals surface area contributed by atoms with Crippen LogP contribution in [0.2, 0.25) is 0 Å². The Labute approximate surface area is 159 Å². The number of ether oxygens (including phenoxy) is 4. The molecule has 6 heteroatoms. The Bertz CT molecular complexity index is 729. The van der Waals surface area contributed by atoms with Crippen molar-refractivity contribution in [2.45, 2.75) is 13.0 Å². The Balaban J connectivity index is 1.44. The van der Waals surface area contributed by atoms with Crippen LogP contribution in [0.15, 0.2) is 48.5 Å². The summed E-state index contributed by atoms with van der Waals surface area (Å²) in [5, 5.41) is 0. The summed E-state index contributed by atoms with van der Waals surface area (Å²) in [6.45, 7) is 3.99. The van der Waals surface area contributed by atoms with Gasteiger partial charge in [0.25, 0.3) is 5.91 Å². The number of aryl methyl sites for hydroxylation is 1. The van der Waals surface area contributed by atoms with Gasteiger partial charge >= 0.3 is 0 Å². The van der Waals surface area contributed by atoms with Crippen molar-refractivity contribution in [3.8, 4) is 17.2 Å². The maximum atomic E-state index is 12.4. The average Bonchev–Trinajstić information content (AvgIpc) is 2.72. The van der Waals surface area contributed by atoms with Crippen molar-refractivity contribution >= 4 is 5.91 Å². The molecule has 1 amide bonds. The number of methoxy groups -OCH3 is 1. The molecule has 1 aliphatic heterocycles. The molecule has 0 saturated carbocycles. The highest BCUT2D eigenvalue weighted by Gasteiger charge is 2.25. The largest absolute Gasteiger partial charge is 0.497 e. The summed E-state index contributed by atoms with van der Waals surface area (Å²) in [6, 6.07) is 15.0. The van der Waals surface area contributed by atoms with Gasteiger partial charge in [-0.25, -0.2) is 0 Å². The molecule has 0 radical (unpaired) electrons. The van der Waals surface area contributed by atoms with Gasteiger partial charge in [-0.1, -0.05) is 17.7 Å². The Hall–Kier alpha value is -2.73. The second-order valence-corrected chi connectivity index (χ2v) is 6.42. The Morgan fingerprint density at radius 2 is 1.67 bits per heavy atom. The number of hydrogen-bond donors (Lipinski definition) is 0. The lowest BCUT2D eigenvalue weighted by molar-refractivity contribution is -0.142. The zero-order valence-corrected chi connectivity index (χ0v) is 15.7. The van der Waals surface area contributed by atoms with E-state index in [-0.39, 0.29) is 18.6 Å². The number of rotatable bonds is 7. The number of carbonyl (C=O) groups excluding carboxylic acids is 1. The van der Waals surface area contributed by atoms with Gasteiger partial charge in [0.1, 0.15) is 30.0 Å². The average molecular weight is 371 g/mol. The zero-order chi connectivity index (χ0) is 19.1. The van der Waals surface area contributed by atoms with Crippen LogP contribution in [0.5, 0.6) is 17.2 Å². The summed E-state index contributed by atoms with van der Waals surface area (Å²) in [5.74, 6) is 2.12. The molecule has 1 heterocycles. The molecule has 1 saturated heterocycles. The summed E-state index contributed by atoms with van der Waals surface area (Å²) in [5.41, 5.74) is 1.19. The van der Waals surface area contributed by atoms with Crippen molar-refractivity contribution in [2.24, 2.45) is 0 Å². The lowest BCUT2D eigenvalue weighted by Crippen LogP contribution is -2.49. The van der Waals surface area contributed by atoms with Crippen LogP contribution in [0, 0.1) is 6.92 Å². The van der Waals surface area contributed by atoms with Gasteiger partial charge in [-0.15, -0.1) is 0 Å². The normalized spacial score (nSPS) is 16.7. The molecule has 0 bridgehead atoms. The van der Waals surface area contributed by atoms with Crippen molar-refractivity contribution < 1.29 is 23.7 Å². The third-order valence-electron chi connectivity index (χ3n) is 4.37. The smallest absolute Gasteiger partial charge is 0.260 e. The van der Waals surface area contributed by atoms with Crippen LogP contribution in [-0.2, 0) is 9.53 Å². The quantitative estimate of drug-likeness (QED) is 0.749. The molecule has 6 nitrogen and oxygen atoms in total. The number of nitrogens with zero attached hydrogens (tertiary/aromatic N) is 1. The van der Waals surface area contributed by atoms with E-state index in [4.69, 9.17) is 18.9 Å². The van der Waals surface area contributed by atoms with Crippen molar-refractivity contribution in [2.75, 3.05) is 40.0 Å². The Morgan fingerprint density at radius 1 is 1.04 bits per heavy atom. The molecule has 3 rings (SSSR count). The van der Waals surface area contributed by atoms with Crippen molar-refractivity contribution in [1.82, 2.24) is 4.90 Å². The van der Waals surface area contributed by atoms with E-state index in [1.165, 1.54) is 5.56 Å². The molecule has 1 fully saturated rings. The fourth-order valence-corrected chi connectivity index (χ4v) is 2.78. The van der Waals surface area contributed by atoms with Crippen LogP contribution in [0.4, 0.5) is 0 Å². The SMILES string of the molecule is COc1ccc(OCC(=O)N2CCOC(COc3ccc(C)cc3)C2)cc1. The molecule has 1 atom stereocenters. The third-order valence-corrected chi connectivity index (χ3v) is 4.37. The molecule has 0 spiro atoms. The van der Waals surface area contributed by atoms with Gasteiger partial charge in [0, 0.05) is 6.54 Å². The summed E-state index contributed by atoms with van der Waals surface area (Å²) >= 11 is 0. The first-order valence-corrected chi connectivity index (χ1v) is 9.00. The predicted molar refractivity (Wildman–Crippen MR) is 101 cm³/mol. The van der Waals surface area contributed by atoms with Gasteiger partial charge in [0.05, 0.1) is 20.3 Å². The van der Waals surface area contributed by atoms with E-state index in [1.807, 2.05) is 31.2 Å². The van der Waals surface area contributed by atoms with Gasteiger partial charge < -0.3 is 23.8 Å². The highest BCUT2D eigenvalue weighted by Crippen LogP contribution is 2.17. The van der Waals surface area contributed by atoms with Crippen LogP contribution in [0.3, 0.4) is 0 Å². The van der Waals surface area contributed by atoms with E-state index in [1.54, 1.807) is 36.3 Å². The molecule has 0 aliphatic carbocycles. The second kappa shape index (κ2) is 9.28. The van der Waals surface area contributed by atoms with Gasteiger partial charge in [-0.05, 0) is 43.3 Å². The van der Waals surface area contributed by atoms with Crippen molar-refractivity contribution in [3.63, 3.8) is 0 Å². The first-order chi connectivity index (χ1) is 13.1. The number of hydrogen-bond acceptors (Lipinski definition) is 5. The summed E-state index contributed by atoms with van der Waals surface area (Å²) in [6.07, 6.45) is -0.148. The second-order valence-electron chi connectivity index (χ2n) is 6.42. The monoisotopic (exact) mass is 371 g/mol. The summed E-state index contributed by atoms with van der Waals surface area (Å²) < 4.78 is 22.2. The first-order valence-electron chi connectivity index (χ1n) is 9.00. The van der Waals surface area contributed by atoms with E-state index in [2.05, 4.69) is 0 Å². The number of carbonyl (C=O) groups is 1. The minimum atomic E-state index is -0.148. The van der Waals surface area contributed by atoms with Crippen LogP contribution >= 0.6 is 0 Å². The lowest BCUT2D eigenvalue weighted by atomic mass is 10.2. The molecular weight excluding hydrogens is 346 g/mol. The van der Waals surface area contributed by atoms with E-state index in [0.717, 1.165) is 11.5 Å². The summed E-state index contributed by atoms with van der Waals surface area (Å²) in [7, 11) is 1.61. The van der Waals surface area contributed by atoms with Crippen LogP contribution in [0.1, 0.15) is 5.56 Å². The molecule has 2 aromatic carbocycles. The molecule has 2 aromatic rings. The molecule has 1 unspecified atom stereocenters. The standard InChI is InChI=1S/C21H25NO5/c1-16-3-5-18(6-4-16)26-14-20-13-22(11-12-25-20)21(23)15-27-19-9-7-17(24-2)8-10-19/h3-10,20H,11-15H2,1-2H3. The summed E-state index contributed by atoms with van der Waals surface area (Å²) in [4.78, 5) is 14.2. The maximum absolute atomic E-state index is 12.4. The fourth-order valence-electron chi connectivity index (χ4n) is 2.78. The molecule has 0 aromatic heterocycles. The van der Waals surface area contributed by atoms with Crippen molar-refractivity contribution in [3.05, 3.63) is 54.1 Å². The minimum Gasteiger partial charge on any atom is -0.497 e. The molecule has 1 aliphatic rings. The third kappa shape index (κ3) is 5.62. The molecule has 0 N–H and O–H groups in total. The minimum absolute atomic E-state index is 0.00212. The maximum Gasteiger partial charge on any atom is 0.260 e. The topological polar surface area (TPSA) is 57.2 Å². The Kier molecular flexibility index (Phi) is 6.54. The number of amides is 1. The van der Waals surface area contributed by atoms with E-state index in [0.29, 0.717) is 32.1 Å². The van der Waals surface area contributed by atoms with E-state index >= 15 is 0 Å². The Morgan fingerprint density at radius 3 is 2.37 bits per heavy atom. The lowest BCUT2D eigenvalue weighted by Gasteiger charge is -2.32. The van der Waals surface area contributed by atoms with Crippen LogP contribution in [0.25, 0.3) is 0 Å². The molecule has 27 heavy (non-hydrogen) atoms. The zero-order valence-electron chi connectivity index (χ0n) is 15.7. The fraction of sp³-hybridized carbons (Fsp3) is 0.381. The molecule has 144 valence electrons. The first kappa shape index (κ1) is 19.0. The highest BCUT2D eigenvalue weighted by molar-refractivity contribution is 5.77. The van der Waals surface area contributed by atoms with E-state index in [9.17, 15) is 4.79 Å². The predicted octanol–water partition coefficient (Wildman–Crippen LogP) is 2.69. The van der Waals surface area contributed by atoms with Crippen LogP contribution in [-0.4, -0.2) is 56.9 Å².